The number of carboxylic acids is 1. The second-order valence-corrected chi connectivity index (χ2v) is 9.27. The van der Waals surface area contributed by atoms with Crippen molar-refractivity contribution in [2.45, 2.75) is 90.8 Å². The SMILES string of the molecule is [2H]C([2H])([2H])C(CC)(C(=O)O[C@H]1CC(C(=O)O)=CC2=CC[C@H](C)[C@H](CC[C@@H]3C[C@@H](O)CC(=O)O3)[C@H]21)C([2H])([2H])[2H]. The molecule has 2 aliphatic carbocycles. The third kappa shape index (κ3) is 5.42. The molecule has 0 radical (unpaired) electrons. The minimum atomic E-state index is -3.19. The molecule has 0 aromatic carbocycles. The van der Waals surface area contributed by atoms with E-state index in [4.69, 9.17) is 17.7 Å². The number of fused-ring (bicyclic) bond motifs is 1. The van der Waals surface area contributed by atoms with Crippen molar-refractivity contribution in [3.05, 3.63) is 23.3 Å². The maximum Gasteiger partial charge on any atom is 0.331 e. The predicted molar refractivity (Wildman–Crippen MR) is 117 cm³/mol. The van der Waals surface area contributed by atoms with Gasteiger partial charge in [-0.25, -0.2) is 4.79 Å². The molecule has 0 amide bonds. The van der Waals surface area contributed by atoms with Gasteiger partial charge in [0.1, 0.15) is 12.2 Å². The highest BCUT2D eigenvalue weighted by molar-refractivity contribution is 5.88. The highest BCUT2D eigenvalue weighted by Gasteiger charge is 2.44. The summed E-state index contributed by atoms with van der Waals surface area (Å²) >= 11 is 0. The van der Waals surface area contributed by atoms with Crippen LogP contribution < -0.4 is 0 Å². The first-order valence-corrected chi connectivity index (χ1v) is 11.2. The minimum Gasteiger partial charge on any atom is -0.478 e. The van der Waals surface area contributed by atoms with Gasteiger partial charge in [-0.3, -0.25) is 9.59 Å². The third-order valence-electron chi connectivity index (χ3n) is 6.93. The van der Waals surface area contributed by atoms with Gasteiger partial charge in [0.15, 0.2) is 0 Å². The van der Waals surface area contributed by atoms with E-state index in [1.807, 2.05) is 13.0 Å². The quantitative estimate of drug-likeness (QED) is 0.563. The Morgan fingerprint density at radius 3 is 2.69 bits per heavy atom. The average Bonchev–Trinajstić information content (AvgIpc) is 2.76. The number of hydrogen-bond acceptors (Lipinski definition) is 6. The zero-order valence-corrected chi connectivity index (χ0v) is 18.5. The number of esters is 2. The first-order chi connectivity index (χ1) is 17.5. The van der Waals surface area contributed by atoms with E-state index in [2.05, 4.69) is 0 Å². The van der Waals surface area contributed by atoms with Gasteiger partial charge in [0.2, 0.25) is 0 Å². The Morgan fingerprint density at radius 2 is 2.06 bits per heavy atom. The molecule has 0 aromatic rings. The fourth-order valence-corrected chi connectivity index (χ4v) is 5.01. The number of cyclic esters (lactones) is 1. The Balaban J connectivity index is 1.95. The Kier molecular flexibility index (Phi) is 5.30. The molecule has 0 aromatic heterocycles. The zero-order chi connectivity index (χ0) is 28.6. The molecule has 3 aliphatic rings. The van der Waals surface area contributed by atoms with Crippen molar-refractivity contribution in [1.82, 2.24) is 0 Å². The van der Waals surface area contributed by atoms with Gasteiger partial charge in [-0.2, -0.15) is 0 Å². The summed E-state index contributed by atoms with van der Waals surface area (Å²) in [4.78, 5) is 37.1. The van der Waals surface area contributed by atoms with Crippen LogP contribution >= 0.6 is 0 Å². The first-order valence-electron chi connectivity index (χ1n) is 14.2. The van der Waals surface area contributed by atoms with Gasteiger partial charge >= 0.3 is 17.9 Å². The van der Waals surface area contributed by atoms with Crippen LogP contribution in [0, 0.1) is 23.2 Å². The highest BCUT2D eigenvalue weighted by Crippen LogP contribution is 2.46. The summed E-state index contributed by atoms with van der Waals surface area (Å²) in [7, 11) is 0. The Bertz CT molecular complexity index is 985. The number of allylic oxidation sites excluding steroid dienone is 2. The van der Waals surface area contributed by atoms with Crippen LogP contribution in [0.5, 0.6) is 0 Å². The van der Waals surface area contributed by atoms with Gasteiger partial charge in [-0.05, 0) is 62.9 Å². The monoisotopic (exact) mass is 454 g/mol. The van der Waals surface area contributed by atoms with Gasteiger partial charge < -0.3 is 19.7 Å². The van der Waals surface area contributed by atoms with Crippen LogP contribution in [0.1, 0.15) is 80.7 Å². The normalized spacial score (nSPS) is 36.4. The number of ether oxygens (including phenoxy) is 2. The van der Waals surface area contributed by atoms with E-state index in [0.29, 0.717) is 31.3 Å². The Hall–Kier alpha value is -2.15. The van der Waals surface area contributed by atoms with Crippen LogP contribution in [0.3, 0.4) is 0 Å². The summed E-state index contributed by atoms with van der Waals surface area (Å²) in [6, 6.07) is 0. The number of carbonyl (C=O) groups excluding carboxylic acids is 2. The number of carbonyl (C=O) groups is 3. The molecule has 0 saturated carbocycles. The minimum absolute atomic E-state index is 0.0206. The molecular formula is C25H36O7. The van der Waals surface area contributed by atoms with Crippen LogP contribution in [-0.2, 0) is 23.9 Å². The van der Waals surface area contributed by atoms with Crippen LogP contribution in [0.25, 0.3) is 0 Å². The van der Waals surface area contributed by atoms with E-state index in [-0.39, 0.29) is 30.3 Å². The summed E-state index contributed by atoms with van der Waals surface area (Å²) < 4.78 is 58.6. The molecule has 1 heterocycles. The van der Waals surface area contributed by atoms with Gasteiger partial charge in [0.25, 0.3) is 0 Å². The highest BCUT2D eigenvalue weighted by atomic mass is 16.6. The van der Waals surface area contributed by atoms with Crippen molar-refractivity contribution >= 4 is 17.9 Å². The average molecular weight is 455 g/mol. The predicted octanol–water partition coefficient (Wildman–Crippen LogP) is 3.79. The maximum atomic E-state index is 13.5. The van der Waals surface area contributed by atoms with Crippen LogP contribution in [0.2, 0.25) is 0 Å². The van der Waals surface area contributed by atoms with Gasteiger partial charge in [-0.15, -0.1) is 0 Å². The number of rotatable bonds is 7. The lowest BCUT2D eigenvalue weighted by Gasteiger charge is -2.43. The van der Waals surface area contributed by atoms with E-state index >= 15 is 0 Å². The molecule has 32 heavy (non-hydrogen) atoms. The summed E-state index contributed by atoms with van der Waals surface area (Å²) in [6.45, 7) is -3.07. The van der Waals surface area contributed by atoms with Gasteiger partial charge in [0.05, 0.1) is 17.9 Å². The lowest BCUT2D eigenvalue weighted by molar-refractivity contribution is -0.165. The molecule has 1 aliphatic heterocycles. The van der Waals surface area contributed by atoms with Crippen molar-refractivity contribution in [3.63, 3.8) is 0 Å². The molecular weight excluding hydrogens is 412 g/mol. The number of aliphatic carboxylic acids is 1. The van der Waals surface area contributed by atoms with Crippen LogP contribution in [-0.4, -0.2) is 46.4 Å². The lowest BCUT2D eigenvalue weighted by Crippen LogP contribution is -2.43. The second-order valence-electron chi connectivity index (χ2n) is 9.27. The van der Waals surface area contributed by atoms with Crippen molar-refractivity contribution < 1.29 is 42.3 Å². The first kappa shape index (κ1) is 17.3. The van der Waals surface area contributed by atoms with Gasteiger partial charge in [-0.1, -0.05) is 19.9 Å². The fourth-order valence-electron chi connectivity index (χ4n) is 5.01. The summed E-state index contributed by atoms with van der Waals surface area (Å²) in [5.74, 6) is -3.68. The fraction of sp³-hybridized carbons (Fsp3) is 0.720. The molecule has 3 rings (SSSR count). The molecule has 7 nitrogen and oxygen atoms in total. The molecule has 1 saturated heterocycles. The van der Waals surface area contributed by atoms with E-state index < -0.39 is 67.7 Å². The summed E-state index contributed by atoms with van der Waals surface area (Å²) in [6.07, 6.45) is 2.15. The van der Waals surface area contributed by atoms with E-state index in [0.717, 1.165) is 0 Å². The molecule has 2 N–H and O–H groups in total. The van der Waals surface area contributed by atoms with Crippen molar-refractivity contribution in [3.8, 4) is 0 Å². The molecule has 0 spiro atoms. The van der Waals surface area contributed by atoms with Crippen molar-refractivity contribution in [2.24, 2.45) is 23.2 Å². The van der Waals surface area contributed by atoms with Crippen molar-refractivity contribution in [1.29, 1.82) is 0 Å². The summed E-state index contributed by atoms with van der Waals surface area (Å²) in [5.41, 5.74) is -2.15. The smallest absolute Gasteiger partial charge is 0.331 e. The zero-order valence-electron chi connectivity index (χ0n) is 24.5. The topological polar surface area (TPSA) is 110 Å². The Morgan fingerprint density at radius 1 is 1.31 bits per heavy atom. The number of carboxylic acid groups (broad SMARTS) is 1. The van der Waals surface area contributed by atoms with Gasteiger partial charge in [0, 0.05) is 32.6 Å². The molecule has 178 valence electrons. The summed E-state index contributed by atoms with van der Waals surface area (Å²) in [5, 5.41) is 19.7. The van der Waals surface area contributed by atoms with E-state index in [1.165, 1.54) is 6.92 Å². The molecule has 6 atom stereocenters. The number of aliphatic hydroxyl groups is 1. The molecule has 7 heteroatoms. The molecule has 0 unspecified atom stereocenters. The standard InChI is InChI=1S/C25H36O7/c1-5-25(3,4)24(30)32-20-11-16(23(28)29)10-15-7-6-14(2)19(22(15)20)9-8-18-12-17(26)13-21(27)31-18/h7,10,14,17-20,22,26H,5-6,8-9,11-13H2,1-4H3,(H,28,29)/t14-,17+,18+,19-,20-,22-/m0/s1/i3D3,4D3. The van der Waals surface area contributed by atoms with Crippen LogP contribution in [0.15, 0.2) is 23.3 Å². The van der Waals surface area contributed by atoms with Crippen LogP contribution in [0.4, 0.5) is 0 Å². The second kappa shape index (κ2) is 9.77. The third-order valence-corrected chi connectivity index (χ3v) is 6.93. The number of hydrogen-bond donors (Lipinski definition) is 2. The number of aliphatic hydroxyl groups excluding tert-OH is 1. The lowest BCUT2D eigenvalue weighted by atomic mass is 9.65. The van der Waals surface area contributed by atoms with E-state index in [1.54, 1.807) is 6.08 Å². The largest absolute Gasteiger partial charge is 0.478 e. The maximum absolute atomic E-state index is 13.5. The molecule has 0 bridgehead atoms. The van der Waals surface area contributed by atoms with E-state index in [9.17, 15) is 24.6 Å². The Labute approximate surface area is 198 Å². The van der Waals surface area contributed by atoms with Crippen molar-refractivity contribution in [2.75, 3.05) is 0 Å². The molecule has 1 fully saturated rings.